The normalized spacial score (nSPS) is 12.2. The number of anilines is 1. The quantitative estimate of drug-likeness (QED) is 0.313. The first-order valence-electron chi connectivity index (χ1n) is 8.66. The summed E-state index contributed by atoms with van der Waals surface area (Å²) >= 11 is 18.9. The molecule has 1 amide bonds. The third kappa shape index (κ3) is 6.69. The average Bonchev–Trinajstić information content (AvgIpc) is 2.90. The molecular weight excluding hydrogens is 451 g/mol. The molecule has 1 unspecified atom stereocenters. The fraction of sp³-hybridized carbons (Fsp3) is 0.588. The lowest BCUT2D eigenvalue weighted by atomic mass is 10.1. The minimum Gasteiger partial charge on any atom is -0.462 e. The SMILES string of the molecule is CCCC(=O)NC(Nc1sc(C(=O)OCC)c(C)c1C(=O)OCC)C(Cl)(Cl)Cl. The van der Waals surface area contributed by atoms with Gasteiger partial charge in [-0.2, -0.15) is 0 Å². The average molecular weight is 474 g/mol. The number of alkyl halides is 3. The van der Waals surface area contributed by atoms with Crippen molar-refractivity contribution in [3.63, 3.8) is 0 Å². The fourth-order valence-electron chi connectivity index (χ4n) is 2.25. The van der Waals surface area contributed by atoms with Crippen molar-refractivity contribution < 1.29 is 23.9 Å². The van der Waals surface area contributed by atoms with Gasteiger partial charge in [0.15, 0.2) is 0 Å². The van der Waals surface area contributed by atoms with Crippen LogP contribution in [0.25, 0.3) is 0 Å². The zero-order valence-corrected chi connectivity index (χ0v) is 19.1. The summed E-state index contributed by atoms with van der Waals surface area (Å²) < 4.78 is 8.19. The molecule has 0 aliphatic carbocycles. The Morgan fingerprint density at radius 2 is 1.64 bits per heavy atom. The first-order chi connectivity index (χ1) is 13.1. The van der Waals surface area contributed by atoms with Gasteiger partial charge in [0, 0.05) is 6.42 Å². The van der Waals surface area contributed by atoms with Crippen LogP contribution in [0.15, 0.2) is 0 Å². The fourth-order valence-corrected chi connectivity index (χ4v) is 3.69. The Morgan fingerprint density at radius 1 is 1.07 bits per heavy atom. The van der Waals surface area contributed by atoms with E-state index >= 15 is 0 Å². The monoisotopic (exact) mass is 472 g/mol. The second-order valence-corrected chi connectivity index (χ2v) is 9.03. The molecule has 0 spiro atoms. The zero-order valence-electron chi connectivity index (χ0n) is 16.0. The van der Waals surface area contributed by atoms with Crippen LogP contribution in [0.3, 0.4) is 0 Å². The molecule has 0 saturated carbocycles. The Balaban J connectivity index is 3.34. The molecule has 1 aromatic rings. The summed E-state index contributed by atoms with van der Waals surface area (Å²) in [6, 6.07) is 0. The van der Waals surface area contributed by atoms with E-state index < -0.39 is 21.9 Å². The van der Waals surface area contributed by atoms with E-state index in [9.17, 15) is 14.4 Å². The summed E-state index contributed by atoms with van der Waals surface area (Å²) in [4.78, 5) is 36.9. The van der Waals surface area contributed by atoms with Crippen LogP contribution >= 0.6 is 46.1 Å². The molecule has 1 aromatic heterocycles. The number of thiophene rings is 1. The molecule has 11 heteroatoms. The van der Waals surface area contributed by atoms with Crippen molar-refractivity contribution >= 4 is 69.0 Å². The van der Waals surface area contributed by atoms with Gasteiger partial charge in [-0.3, -0.25) is 4.79 Å². The molecule has 0 fully saturated rings. The molecule has 0 aromatic carbocycles. The van der Waals surface area contributed by atoms with Crippen molar-refractivity contribution in [2.24, 2.45) is 0 Å². The largest absolute Gasteiger partial charge is 0.462 e. The number of nitrogens with one attached hydrogen (secondary N) is 2. The minimum absolute atomic E-state index is 0.124. The van der Waals surface area contributed by atoms with Gasteiger partial charge in [-0.25, -0.2) is 9.59 Å². The number of carbonyl (C=O) groups is 3. The van der Waals surface area contributed by atoms with Gasteiger partial charge in [0.05, 0.1) is 18.8 Å². The highest BCUT2D eigenvalue weighted by atomic mass is 35.6. The van der Waals surface area contributed by atoms with Crippen LogP contribution in [0.1, 0.15) is 59.2 Å². The first-order valence-corrected chi connectivity index (χ1v) is 10.6. The first kappa shape index (κ1) is 24.8. The van der Waals surface area contributed by atoms with Crippen molar-refractivity contribution in [1.82, 2.24) is 5.32 Å². The highest BCUT2D eigenvalue weighted by molar-refractivity contribution is 7.18. The van der Waals surface area contributed by atoms with E-state index in [2.05, 4.69) is 10.6 Å². The summed E-state index contributed by atoms with van der Waals surface area (Å²) in [5.74, 6) is -1.55. The lowest BCUT2D eigenvalue weighted by molar-refractivity contribution is -0.121. The number of esters is 2. The van der Waals surface area contributed by atoms with Crippen LogP contribution in [0.5, 0.6) is 0 Å². The number of halogens is 3. The van der Waals surface area contributed by atoms with Gasteiger partial charge in [0.25, 0.3) is 0 Å². The second kappa shape index (κ2) is 11.1. The molecule has 0 bridgehead atoms. The molecule has 28 heavy (non-hydrogen) atoms. The number of hydrogen-bond acceptors (Lipinski definition) is 7. The molecule has 158 valence electrons. The smallest absolute Gasteiger partial charge is 0.348 e. The van der Waals surface area contributed by atoms with Crippen molar-refractivity contribution in [2.45, 2.75) is 50.5 Å². The van der Waals surface area contributed by atoms with E-state index in [1.165, 1.54) is 0 Å². The van der Waals surface area contributed by atoms with Gasteiger partial charge in [0.1, 0.15) is 16.0 Å². The molecule has 1 heterocycles. The van der Waals surface area contributed by atoms with Crippen molar-refractivity contribution in [3.05, 3.63) is 16.0 Å². The van der Waals surface area contributed by atoms with Gasteiger partial charge < -0.3 is 20.1 Å². The predicted molar refractivity (Wildman–Crippen MR) is 112 cm³/mol. The van der Waals surface area contributed by atoms with Crippen LogP contribution in [0, 0.1) is 6.92 Å². The van der Waals surface area contributed by atoms with E-state index in [1.54, 1.807) is 20.8 Å². The summed E-state index contributed by atoms with van der Waals surface area (Å²) in [6.45, 7) is 7.09. The van der Waals surface area contributed by atoms with Crippen LogP contribution in [0.2, 0.25) is 0 Å². The lowest BCUT2D eigenvalue weighted by Gasteiger charge is -2.27. The molecule has 0 aliphatic heterocycles. The van der Waals surface area contributed by atoms with Crippen LogP contribution in [0.4, 0.5) is 5.00 Å². The maximum Gasteiger partial charge on any atom is 0.348 e. The van der Waals surface area contributed by atoms with Gasteiger partial charge in [-0.05, 0) is 32.8 Å². The topological polar surface area (TPSA) is 93.7 Å². The Bertz CT molecular complexity index is 718. The second-order valence-electron chi connectivity index (χ2n) is 5.64. The number of ether oxygens (including phenoxy) is 2. The maximum absolute atomic E-state index is 12.4. The van der Waals surface area contributed by atoms with E-state index in [4.69, 9.17) is 44.3 Å². The Labute approximate surface area is 183 Å². The van der Waals surface area contributed by atoms with E-state index in [1.807, 2.05) is 6.92 Å². The van der Waals surface area contributed by atoms with Crippen LogP contribution < -0.4 is 10.6 Å². The van der Waals surface area contributed by atoms with Crippen LogP contribution in [-0.4, -0.2) is 41.0 Å². The molecule has 0 radical (unpaired) electrons. The molecule has 7 nitrogen and oxygen atoms in total. The Morgan fingerprint density at radius 3 is 2.14 bits per heavy atom. The molecule has 2 N–H and O–H groups in total. The van der Waals surface area contributed by atoms with Gasteiger partial charge >= 0.3 is 11.9 Å². The number of hydrogen-bond donors (Lipinski definition) is 2. The van der Waals surface area contributed by atoms with E-state index in [0.29, 0.717) is 12.0 Å². The minimum atomic E-state index is -1.92. The van der Waals surface area contributed by atoms with E-state index in [-0.39, 0.29) is 41.0 Å². The molecule has 0 saturated heterocycles. The summed E-state index contributed by atoms with van der Waals surface area (Å²) in [5, 5.41) is 5.67. The van der Waals surface area contributed by atoms with Crippen molar-refractivity contribution in [3.8, 4) is 0 Å². The number of amides is 1. The van der Waals surface area contributed by atoms with Gasteiger partial charge in [-0.1, -0.05) is 41.7 Å². The standard InChI is InChI=1S/C17H23Cl3N2O5S/c1-5-8-10(23)21-16(17(18,19)20)22-13-11(14(24)26-6-2)9(4)12(28-13)15(25)27-7-3/h16,22H,5-8H2,1-4H3,(H,21,23). The Kier molecular flexibility index (Phi) is 9.83. The van der Waals surface area contributed by atoms with Crippen LogP contribution in [-0.2, 0) is 14.3 Å². The maximum atomic E-state index is 12.4. The molecule has 0 aliphatic rings. The van der Waals surface area contributed by atoms with Gasteiger partial charge in [0.2, 0.25) is 9.70 Å². The summed E-state index contributed by atoms with van der Waals surface area (Å²) in [5.41, 5.74) is 0.506. The van der Waals surface area contributed by atoms with Crippen molar-refractivity contribution in [2.75, 3.05) is 18.5 Å². The highest BCUT2D eigenvalue weighted by Crippen LogP contribution is 2.38. The van der Waals surface area contributed by atoms with Gasteiger partial charge in [-0.15, -0.1) is 11.3 Å². The van der Waals surface area contributed by atoms with Crippen molar-refractivity contribution in [1.29, 1.82) is 0 Å². The third-order valence-electron chi connectivity index (χ3n) is 3.47. The predicted octanol–water partition coefficient (Wildman–Crippen LogP) is 4.43. The van der Waals surface area contributed by atoms with E-state index in [0.717, 1.165) is 11.3 Å². The zero-order chi connectivity index (χ0) is 21.5. The molecule has 1 atom stereocenters. The number of carbonyl (C=O) groups excluding carboxylic acids is 3. The summed E-state index contributed by atoms with van der Waals surface area (Å²) in [6.07, 6.45) is -0.295. The summed E-state index contributed by atoms with van der Waals surface area (Å²) in [7, 11) is 0. The molecular formula is C17H23Cl3N2O5S. The highest BCUT2D eigenvalue weighted by Gasteiger charge is 2.36. The molecule has 1 rings (SSSR count). The number of rotatable bonds is 9. The lowest BCUT2D eigenvalue weighted by Crippen LogP contribution is -2.49. The Hall–Kier alpha value is -1.22. The third-order valence-corrected chi connectivity index (χ3v) is 5.33.